The number of carboxylic acid groups (broad SMARTS) is 1. The van der Waals surface area contributed by atoms with Crippen LogP contribution in [0.5, 0.6) is 0 Å². The van der Waals surface area contributed by atoms with Crippen molar-refractivity contribution in [1.29, 1.82) is 0 Å². The normalized spacial score (nSPS) is 16.8. The van der Waals surface area contributed by atoms with Crippen molar-refractivity contribution in [2.24, 2.45) is 0 Å². The van der Waals surface area contributed by atoms with Gasteiger partial charge in [-0.05, 0) is 18.8 Å². The van der Waals surface area contributed by atoms with Crippen LogP contribution in [0.15, 0.2) is 4.79 Å². The summed E-state index contributed by atoms with van der Waals surface area (Å²) in [6.45, 7) is 3.72. The molecule has 0 amide bonds. The number of nitrogens with zero attached hydrogens (tertiary/aromatic N) is 1. The van der Waals surface area contributed by atoms with Crippen molar-refractivity contribution in [2.75, 3.05) is 0 Å². The fourth-order valence-electron chi connectivity index (χ4n) is 2.85. The summed E-state index contributed by atoms with van der Waals surface area (Å²) in [5.41, 5.74) is 0.753. The maximum atomic E-state index is 11.7. The van der Waals surface area contributed by atoms with E-state index in [9.17, 15) is 14.7 Å². The number of carboxylic acids is 1. The Balaban J connectivity index is 2.57. The molecule has 19 heavy (non-hydrogen) atoms. The third-order valence-corrected chi connectivity index (χ3v) is 3.76. The SMILES string of the molecule is CC(C)c1nc(=O)[nH]c(C2CCCCC2)c1C(=O)O. The highest BCUT2D eigenvalue weighted by Gasteiger charge is 2.26. The van der Waals surface area contributed by atoms with Crippen molar-refractivity contribution in [1.82, 2.24) is 9.97 Å². The third-order valence-electron chi connectivity index (χ3n) is 3.76. The van der Waals surface area contributed by atoms with Gasteiger partial charge in [0.15, 0.2) is 0 Å². The lowest BCUT2D eigenvalue weighted by Gasteiger charge is -2.24. The molecule has 5 nitrogen and oxygen atoms in total. The van der Waals surface area contributed by atoms with E-state index in [1.54, 1.807) is 0 Å². The minimum atomic E-state index is -0.993. The van der Waals surface area contributed by atoms with Gasteiger partial charge in [0.1, 0.15) is 5.56 Å². The molecule has 0 aromatic carbocycles. The van der Waals surface area contributed by atoms with E-state index >= 15 is 0 Å². The summed E-state index contributed by atoms with van der Waals surface area (Å²) in [4.78, 5) is 29.7. The molecule has 2 N–H and O–H groups in total. The van der Waals surface area contributed by atoms with Gasteiger partial charge in [0.25, 0.3) is 0 Å². The van der Waals surface area contributed by atoms with E-state index in [1.165, 1.54) is 6.42 Å². The molecule has 0 unspecified atom stereocenters. The van der Waals surface area contributed by atoms with Gasteiger partial charge in [0, 0.05) is 11.6 Å². The highest BCUT2D eigenvalue weighted by molar-refractivity contribution is 5.90. The van der Waals surface area contributed by atoms with Crippen LogP contribution in [0.4, 0.5) is 0 Å². The molecule has 1 fully saturated rings. The largest absolute Gasteiger partial charge is 0.478 e. The maximum Gasteiger partial charge on any atom is 0.345 e. The van der Waals surface area contributed by atoms with E-state index in [2.05, 4.69) is 9.97 Å². The molecule has 0 saturated heterocycles. The zero-order valence-electron chi connectivity index (χ0n) is 11.4. The van der Waals surface area contributed by atoms with Crippen molar-refractivity contribution in [3.8, 4) is 0 Å². The summed E-state index contributed by atoms with van der Waals surface area (Å²) in [6, 6.07) is 0. The summed E-state index contributed by atoms with van der Waals surface area (Å²) in [7, 11) is 0. The molecule has 0 bridgehead atoms. The predicted octanol–water partition coefficient (Wildman–Crippen LogP) is 2.64. The van der Waals surface area contributed by atoms with Crippen LogP contribution in [0.3, 0.4) is 0 Å². The molecule has 0 radical (unpaired) electrons. The summed E-state index contributed by atoms with van der Waals surface area (Å²) >= 11 is 0. The van der Waals surface area contributed by atoms with Gasteiger partial charge in [0.2, 0.25) is 0 Å². The van der Waals surface area contributed by atoms with Gasteiger partial charge in [-0.2, -0.15) is 4.98 Å². The average Bonchev–Trinajstić information content (AvgIpc) is 2.38. The zero-order valence-corrected chi connectivity index (χ0v) is 11.4. The Hall–Kier alpha value is -1.65. The van der Waals surface area contributed by atoms with Crippen LogP contribution in [0.25, 0.3) is 0 Å². The third kappa shape index (κ3) is 2.85. The van der Waals surface area contributed by atoms with Gasteiger partial charge in [-0.3, -0.25) is 0 Å². The highest BCUT2D eigenvalue weighted by atomic mass is 16.4. The van der Waals surface area contributed by atoms with Crippen LogP contribution in [0.2, 0.25) is 0 Å². The number of nitrogens with one attached hydrogen (secondary N) is 1. The van der Waals surface area contributed by atoms with E-state index in [4.69, 9.17) is 0 Å². The van der Waals surface area contributed by atoms with E-state index in [0.29, 0.717) is 11.4 Å². The Morgan fingerprint density at radius 1 is 1.32 bits per heavy atom. The lowest BCUT2D eigenvalue weighted by atomic mass is 9.84. The van der Waals surface area contributed by atoms with Crippen LogP contribution in [-0.4, -0.2) is 21.0 Å². The van der Waals surface area contributed by atoms with Gasteiger partial charge >= 0.3 is 11.7 Å². The molecule has 0 atom stereocenters. The van der Waals surface area contributed by atoms with Crippen molar-refractivity contribution >= 4 is 5.97 Å². The van der Waals surface area contributed by atoms with Crippen LogP contribution in [0, 0.1) is 0 Å². The van der Waals surface area contributed by atoms with Crippen LogP contribution in [-0.2, 0) is 0 Å². The van der Waals surface area contributed by atoms with E-state index in [0.717, 1.165) is 25.7 Å². The van der Waals surface area contributed by atoms with Crippen molar-refractivity contribution in [2.45, 2.75) is 57.8 Å². The van der Waals surface area contributed by atoms with E-state index in [-0.39, 0.29) is 17.4 Å². The molecule has 0 spiro atoms. The number of aromatic nitrogens is 2. The van der Waals surface area contributed by atoms with Crippen molar-refractivity contribution < 1.29 is 9.90 Å². The molecule has 5 heteroatoms. The van der Waals surface area contributed by atoms with Gasteiger partial charge in [-0.15, -0.1) is 0 Å². The Labute approximate surface area is 112 Å². The topological polar surface area (TPSA) is 83.0 Å². The van der Waals surface area contributed by atoms with Gasteiger partial charge in [-0.25, -0.2) is 9.59 Å². The summed E-state index contributed by atoms with van der Waals surface area (Å²) < 4.78 is 0. The molecular formula is C14H20N2O3. The van der Waals surface area contributed by atoms with E-state index in [1.807, 2.05) is 13.8 Å². The standard InChI is InChI=1S/C14H20N2O3/c1-8(2)11-10(13(17)18)12(16-14(19)15-11)9-6-4-3-5-7-9/h8-9H,3-7H2,1-2H3,(H,17,18)(H,15,16,19). The molecule has 104 valence electrons. The Kier molecular flexibility index (Phi) is 4.02. The molecule has 0 aliphatic heterocycles. The zero-order chi connectivity index (χ0) is 14.0. The van der Waals surface area contributed by atoms with Gasteiger partial charge in [0.05, 0.1) is 5.69 Å². The molecule has 1 aromatic rings. The number of hydrogen-bond acceptors (Lipinski definition) is 3. The molecule has 1 saturated carbocycles. The Morgan fingerprint density at radius 3 is 2.47 bits per heavy atom. The summed E-state index contributed by atoms with van der Waals surface area (Å²) in [5, 5.41) is 9.45. The molecule has 1 aliphatic carbocycles. The van der Waals surface area contributed by atoms with Crippen molar-refractivity contribution in [3.05, 3.63) is 27.4 Å². The second-order valence-corrected chi connectivity index (χ2v) is 5.51. The first-order valence-corrected chi connectivity index (χ1v) is 6.88. The quantitative estimate of drug-likeness (QED) is 0.879. The smallest absolute Gasteiger partial charge is 0.345 e. The average molecular weight is 264 g/mol. The monoisotopic (exact) mass is 264 g/mol. The maximum absolute atomic E-state index is 11.7. The van der Waals surface area contributed by atoms with Crippen molar-refractivity contribution in [3.63, 3.8) is 0 Å². The Morgan fingerprint density at radius 2 is 1.95 bits per heavy atom. The first-order chi connectivity index (χ1) is 9.00. The molecule has 2 rings (SSSR count). The lowest BCUT2D eigenvalue weighted by molar-refractivity contribution is 0.0691. The van der Waals surface area contributed by atoms with Crippen LogP contribution >= 0.6 is 0 Å². The number of aromatic amines is 1. The first kappa shape index (κ1) is 13.8. The molecule has 1 heterocycles. The number of hydrogen-bond donors (Lipinski definition) is 2. The molecule has 1 aromatic heterocycles. The Bertz CT molecular complexity index is 528. The summed E-state index contributed by atoms with van der Waals surface area (Å²) in [6.07, 6.45) is 5.25. The predicted molar refractivity (Wildman–Crippen MR) is 71.7 cm³/mol. The number of rotatable bonds is 3. The van der Waals surface area contributed by atoms with Gasteiger partial charge < -0.3 is 10.1 Å². The minimum Gasteiger partial charge on any atom is -0.478 e. The lowest BCUT2D eigenvalue weighted by Crippen LogP contribution is -2.25. The number of carbonyl (C=O) groups is 1. The summed E-state index contributed by atoms with van der Waals surface area (Å²) in [5.74, 6) is -0.920. The second-order valence-electron chi connectivity index (χ2n) is 5.51. The first-order valence-electron chi connectivity index (χ1n) is 6.88. The molecular weight excluding hydrogens is 244 g/mol. The van der Waals surface area contributed by atoms with Crippen LogP contribution in [0.1, 0.15) is 79.5 Å². The minimum absolute atomic E-state index is 0.0734. The fraction of sp³-hybridized carbons (Fsp3) is 0.643. The molecule has 1 aliphatic rings. The fourth-order valence-corrected chi connectivity index (χ4v) is 2.85. The second kappa shape index (κ2) is 5.55. The highest BCUT2D eigenvalue weighted by Crippen LogP contribution is 2.34. The van der Waals surface area contributed by atoms with Gasteiger partial charge in [-0.1, -0.05) is 33.1 Å². The van der Waals surface area contributed by atoms with E-state index < -0.39 is 11.7 Å². The van der Waals surface area contributed by atoms with Crippen LogP contribution < -0.4 is 5.69 Å². The number of H-pyrrole nitrogens is 1. The number of aromatic carboxylic acids is 1.